The van der Waals surface area contributed by atoms with E-state index in [1.54, 1.807) is 48.7 Å². The minimum Gasteiger partial charge on any atom is -0.355 e. The first kappa shape index (κ1) is 16.4. The highest BCUT2D eigenvalue weighted by atomic mass is 32.1. The van der Waals surface area contributed by atoms with Crippen LogP contribution in [-0.2, 0) is 0 Å². The van der Waals surface area contributed by atoms with Crippen molar-refractivity contribution in [3.8, 4) is 21.8 Å². The summed E-state index contributed by atoms with van der Waals surface area (Å²) in [5.41, 5.74) is 4.04. The highest BCUT2D eigenvalue weighted by Crippen LogP contribution is 2.33. The van der Waals surface area contributed by atoms with Gasteiger partial charge in [0.25, 0.3) is 5.91 Å². The van der Waals surface area contributed by atoms with Gasteiger partial charge in [-0.1, -0.05) is 6.07 Å². The van der Waals surface area contributed by atoms with Crippen LogP contribution in [0, 0.1) is 5.82 Å². The van der Waals surface area contributed by atoms with Gasteiger partial charge in [0.2, 0.25) is 0 Å². The molecule has 26 heavy (non-hydrogen) atoms. The van der Waals surface area contributed by atoms with Gasteiger partial charge in [0, 0.05) is 18.2 Å². The predicted octanol–water partition coefficient (Wildman–Crippen LogP) is 4.52. The summed E-state index contributed by atoms with van der Waals surface area (Å²) in [4.78, 5) is 22.4. The van der Waals surface area contributed by atoms with Crippen molar-refractivity contribution in [2.24, 2.45) is 0 Å². The van der Waals surface area contributed by atoms with E-state index >= 15 is 0 Å². The molecule has 6 heteroatoms. The lowest BCUT2D eigenvalue weighted by Gasteiger charge is -2.10. The van der Waals surface area contributed by atoms with Gasteiger partial charge in [-0.05, 0) is 53.9 Å². The highest BCUT2D eigenvalue weighted by molar-refractivity contribution is 7.13. The van der Waals surface area contributed by atoms with Crippen LogP contribution in [0.4, 0.5) is 4.39 Å². The van der Waals surface area contributed by atoms with Crippen molar-refractivity contribution < 1.29 is 9.18 Å². The lowest BCUT2D eigenvalue weighted by Crippen LogP contribution is -2.17. The first-order valence-electron chi connectivity index (χ1n) is 7.99. The third kappa shape index (κ3) is 2.95. The standard InChI is InChI=1S/C20H14FN3OS/c1-22-20(25)13-6-9-15-16(11-13)24-19(17-3-2-10-26-17)18(23-15)12-4-7-14(21)8-5-12/h2-11H,1H3,(H,22,25). The molecule has 1 amide bonds. The Bertz CT molecular complexity index is 1090. The molecule has 0 fully saturated rings. The second-order valence-corrected chi connectivity index (χ2v) is 6.64. The minimum atomic E-state index is -0.296. The number of fused-ring (bicyclic) bond motifs is 1. The van der Waals surface area contributed by atoms with Crippen molar-refractivity contribution in [2.45, 2.75) is 0 Å². The van der Waals surface area contributed by atoms with Crippen LogP contribution in [0.3, 0.4) is 0 Å². The molecule has 128 valence electrons. The van der Waals surface area contributed by atoms with Crippen LogP contribution in [0.15, 0.2) is 60.0 Å². The maximum absolute atomic E-state index is 13.3. The Morgan fingerprint density at radius 1 is 1.00 bits per heavy atom. The number of hydrogen-bond donors (Lipinski definition) is 1. The number of nitrogens with zero attached hydrogens (tertiary/aromatic N) is 2. The summed E-state index contributed by atoms with van der Waals surface area (Å²) in [6.45, 7) is 0. The van der Waals surface area contributed by atoms with Crippen molar-refractivity contribution in [2.75, 3.05) is 7.05 Å². The number of hydrogen-bond acceptors (Lipinski definition) is 4. The molecule has 0 saturated carbocycles. The van der Waals surface area contributed by atoms with Crippen LogP contribution >= 0.6 is 11.3 Å². The maximum Gasteiger partial charge on any atom is 0.251 e. The Kier molecular flexibility index (Phi) is 4.18. The zero-order chi connectivity index (χ0) is 18.1. The fourth-order valence-electron chi connectivity index (χ4n) is 2.73. The molecule has 0 bridgehead atoms. The number of halogens is 1. The SMILES string of the molecule is CNC(=O)c1ccc2nc(-c3ccc(F)cc3)c(-c3cccs3)nc2c1. The van der Waals surface area contributed by atoms with Crippen molar-refractivity contribution in [3.63, 3.8) is 0 Å². The average molecular weight is 363 g/mol. The molecule has 1 N–H and O–H groups in total. The normalized spacial score (nSPS) is 10.8. The molecule has 2 heterocycles. The molecule has 0 radical (unpaired) electrons. The zero-order valence-corrected chi connectivity index (χ0v) is 14.7. The molecule has 4 nitrogen and oxygen atoms in total. The number of amides is 1. The highest BCUT2D eigenvalue weighted by Gasteiger charge is 2.15. The van der Waals surface area contributed by atoms with Gasteiger partial charge in [-0.15, -0.1) is 11.3 Å². The summed E-state index contributed by atoms with van der Waals surface area (Å²) in [6, 6.07) is 15.3. The average Bonchev–Trinajstić information content (AvgIpc) is 3.21. The fourth-order valence-corrected chi connectivity index (χ4v) is 3.45. The lowest BCUT2D eigenvalue weighted by atomic mass is 10.1. The van der Waals surface area contributed by atoms with Gasteiger partial charge in [-0.25, -0.2) is 14.4 Å². The van der Waals surface area contributed by atoms with E-state index in [9.17, 15) is 9.18 Å². The summed E-state index contributed by atoms with van der Waals surface area (Å²) < 4.78 is 13.3. The Morgan fingerprint density at radius 2 is 1.77 bits per heavy atom. The Balaban J connectivity index is 1.96. The summed E-state index contributed by atoms with van der Waals surface area (Å²) in [6.07, 6.45) is 0. The van der Waals surface area contributed by atoms with Gasteiger partial charge in [-0.3, -0.25) is 4.79 Å². The van der Waals surface area contributed by atoms with Gasteiger partial charge in [0.1, 0.15) is 11.5 Å². The van der Waals surface area contributed by atoms with Crippen LogP contribution < -0.4 is 5.32 Å². The molecule has 4 aromatic rings. The monoisotopic (exact) mass is 363 g/mol. The Morgan fingerprint density at radius 3 is 2.46 bits per heavy atom. The van der Waals surface area contributed by atoms with Crippen molar-refractivity contribution in [1.82, 2.24) is 15.3 Å². The first-order chi connectivity index (χ1) is 12.7. The number of rotatable bonds is 3. The molecule has 2 aromatic heterocycles. The molecule has 0 unspecified atom stereocenters. The molecule has 0 aliphatic rings. The van der Waals surface area contributed by atoms with E-state index in [0.717, 1.165) is 10.4 Å². The van der Waals surface area contributed by atoms with Crippen molar-refractivity contribution in [3.05, 3.63) is 71.4 Å². The van der Waals surface area contributed by atoms with Crippen molar-refractivity contribution in [1.29, 1.82) is 0 Å². The van der Waals surface area contributed by atoms with Crippen LogP contribution in [0.5, 0.6) is 0 Å². The van der Waals surface area contributed by atoms with Gasteiger partial charge < -0.3 is 5.32 Å². The second kappa shape index (κ2) is 6.65. The zero-order valence-electron chi connectivity index (χ0n) is 13.9. The van der Waals surface area contributed by atoms with E-state index in [2.05, 4.69) is 5.32 Å². The Labute approximate surface area is 153 Å². The van der Waals surface area contributed by atoms with Crippen LogP contribution in [0.1, 0.15) is 10.4 Å². The summed E-state index contributed by atoms with van der Waals surface area (Å²) >= 11 is 1.56. The van der Waals surface area contributed by atoms with Crippen molar-refractivity contribution >= 4 is 28.3 Å². The minimum absolute atomic E-state index is 0.172. The number of thiophene rings is 1. The first-order valence-corrected chi connectivity index (χ1v) is 8.87. The number of carbonyl (C=O) groups excluding carboxylic acids is 1. The summed E-state index contributed by atoms with van der Waals surface area (Å²) in [5, 5.41) is 4.58. The van der Waals surface area contributed by atoms with E-state index in [0.29, 0.717) is 28.0 Å². The number of carbonyl (C=O) groups is 1. The molecule has 0 aliphatic heterocycles. The topological polar surface area (TPSA) is 54.9 Å². The summed E-state index contributed by atoms with van der Waals surface area (Å²) in [5.74, 6) is -0.468. The third-order valence-corrected chi connectivity index (χ3v) is 4.90. The fraction of sp³-hybridized carbons (Fsp3) is 0.0500. The smallest absolute Gasteiger partial charge is 0.251 e. The van der Waals surface area contributed by atoms with Gasteiger partial charge in [0.05, 0.1) is 21.6 Å². The quantitative estimate of drug-likeness (QED) is 0.582. The maximum atomic E-state index is 13.3. The predicted molar refractivity (Wildman–Crippen MR) is 102 cm³/mol. The second-order valence-electron chi connectivity index (χ2n) is 5.69. The molecular formula is C20H14FN3OS. The molecule has 2 aromatic carbocycles. The molecule has 0 saturated heterocycles. The Hall–Kier alpha value is -3.12. The largest absolute Gasteiger partial charge is 0.355 e. The number of aromatic nitrogens is 2. The molecule has 4 rings (SSSR count). The van der Waals surface area contributed by atoms with Gasteiger partial charge in [-0.2, -0.15) is 0 Å². The van der Waals surface area contributed by atoms with E-state index < -0.39 is 0 Å². The lowest BCUT2D eigenvalue weighted by molar-refractivity contribution is 0.0963. The van der Waals surface area contributed by atoms with E-state index in [1.165, 1.54) is 12.1 Å². The van der Waals surface area contributed by atoms with E-state index in [4.69, 9.17) is 9.97 Å². The van der Waals surface area contributed by atoms with Gasteiger partial charge in [0.15, 0.2) is 0 Å². The summed E-state index contributed by atoms with van der Waals surface area (Å²) in [7, 11) is 1.59. The molecule has 0 aliphatic carbocycles. The molecular weight excluding hydrogens is 349 g/mol. The van der Waals surface area contributed by atoms with E-state index in [-0.39, 0.29) is 11.7 Å². The van der Waals surface area contributed by atoms with Crippen LogP contribution in [-0.4, -0.2) is 22.9 Å². The van der Waals surface area contributed by atoms with Crippen LogP contribution in [0.25, 0.3) is 32.9 Å². The number of nitrogens with one attached hydrogen (secondary N) is 1. The number of benzene rings is 2. The molecule has 0 spiro atoms. The van der Waals surface area contributed by atoms with E-state index in [1.807, 2.05) is 17.5 Å². The van der Waals surface area contributed by atoms with Crippen LogP contribution in [0.2, 0.25) is 0 Å². The molecule has 0 atom stereocenters. The third-order valence-electron chi connectivity index (χ3n) is 4.03. The van der Waals surface area contributed by atoms with Gasteiger partial charge >= 0.3 is 0 Å².